The van der Waals surface area contributed by atoms with E-state index in [0.717, 1.165) is 166 Å². The van der Waals surface area contributed by atoms with Crippen molar-refractivity contribution in [3.8, 4) is 16.8 Å². The molecular weight excluding hydrogens is 965 g/mol. The average molecular weight is 1040 g/mol. The van der Waals surface area contributed by atoms with Crippen LogP contribution < -0.4 is 42.6 Å². The van der Waals surface area contributed by atoms with Gasteiger partial charge in [-0.15, -0.1) is 4.57 Å². The molecule has 1 heterocycles. The van der Waals surface area contributed by atoms with Crippen molar-refractivity contribution in [2.75, 3.05) is 48.3 Å². The minimum absolute atomic E-state index is 0.0721. The van der Waals surface area contributed by atoms with Gasteiger partial charge in [0.2, 0.25) is 16.7 Å². The number of aliphatic imine (C=N–C) groups is 1. The Balaban J connectivity index is 0.640. The maximum absolute atomic E-state index is 13.0. The number of allylic oxidation sites excluding steroid dienone is 3. The molecular formula is C66H73N10O2+. The second kappa shape index (κ2) is 25.8. The van der Waals surface area contributed by atoms with E-state index < -0.39 is 0 Å². The number of nitrogens with zero attached hydrogens (tertiary/aromatic N) is 3. The Labute approximate surface area is 459 Å². The van der Waals surface area contributed by atoms with Gasteiger partial charge < -0.3 is 38.1 Å². The van der Waals surface area contributed by atoms with Crippen LogP contribution in [0.1, 0.15) is 102 Å². The number of rotatable bonds is 23. The lowest BCUT2D eigenvalue weighted by molar-refractivity contribution is -0.538. The highest BCUT2D eigenvalue weighted by Gasteiger charge is 2.23. The predicted octanol–water partition coefficient (Wildman–Crippen LogP) is 13.5. The van der Waals surface area contributed by atoms with Crippen LogP contribution in [0.2, 0.25) is 0 Å². The van der Waals surface area contributed by atoms with Gasteiger partial charge in [0.25, 0.3) is 11.8 Å². The first-order chi connectivity index (χ1) is 38.0. The van der Waals surface area contributed by atoms with Gasteiger partial charge in [0.05, 0.1) is 17.1 Å². The summed E-state index contributed by atoms with van der Waals surface area (Å²) >= 11 is 0. The highest BCUT2D eigenvalue weighted by Crippen LogP contribution is 2.37. The summed E-state index contributed by atoms with van der Waals surface area (Å²) in [6.07, 6.45) is 13.1. The molecule has 12 heteroatoms. The summed E-state index contributed by atoms with van der Waals surface area (Å²) in [5, 5.41) is 16.9. The summed E-state index contributed by atoms with van der Waals surface area (Å²) in [5.41, 5.74) is 32.6. The van der Waals surface area contributed by atoms with Crippen LogP contribution in [0.4, 0.5) is 34.1 Å². The molecule has 12 nitrogen and oxygen atoms in total. The quantitative estimate of drug-likeness (QED) is 0.0143. The molecule has 78 heavy (non-hydrogen) atoms. The minimum atomic E-state index is -0.0747. The Morgan fingerprint density at radius 3 is 1.74 bits per heavy atom. The Kier molecular flexibility index (Phi) is 17.9. The zero-order valence-corrected chi connectivity index (χ0v) is 45.5. The Hall–Kier alpha value is -8.77. The van der Waals surface area contributed by atoms with Crippen LogP contribution in [0.5, 0.6) is 0 Å². The van der Waals surface area contributed by atoms with Crippen molar-refractivity contribution >= 4 is 73.7 Å². The fourth-order valence-corrected chi connectivity index (χ4v) is 9.92. The fraction of sp³-hybridized carbons (Fsp3) is 0.258. The summed E-state index contributed by atoms with van der Waals surface area (Å²) in [6, 6.07) is 48.3. The summed E-state index contributed by atoms with van der Waals surface area (Å²) in [6.45, 7) is 11.2. The number of benzene rings is 7. The number of carbonyl (C=O) groups is 2. The van der Waals surface area contributed by atoms with Gasteiger partial charge in [-0.2, -0.15) is 0 Å². The average Bonchev–Trinajstić information content (AvgIpc) is 3.65. The number of amides is 2. The van der Waals surface area contributed by atoms with E-state index in [-0.39, 0.29) is 11.8 Å². The lowest BCUT2D eigenvalue weighted by atomic mass is 10.0. The highest BCUT2D eigenvalue weighted by atomic mass is 16.2. The number of unbranched alkanes of at least 4 members (excludes halogenated alkanes) is 6. The lowest BCUT2D eigenvalue weighted by Gasteiger charge is -2.18. The predicted molar refractivity (Wildman–Crippen MR) is 324 cm³/mol. The number of hydrogen-bond donors (Lipinski definition) is 7. The monoisotopic (exact) mass is 1040 g/mol. The topological polar surface area (TPSA) is 175 Å². The van der Waals surface area contributed by atoms with E-state index in [4.69, 9.17) is 21.4 Å². The molecule has 7 aromatic carbocycles. The molecule has 0 spiro atoms. The zero-order chi connectivity index (χ0) is 54.4. The Bertz CT molecular complexity index is 3500. The van der Waals surface area contributed by atoms with Gasteiger partial charge >= 0.3 is 0 Å². The molecule has 0 radical (unpaired) electrons. The van der Waals surface area contributed by atoms with Gasteiger partial charge in [0.1, 0.15) is 11.2 Å². The lowest BCUT2D eigenvalue weighted by Crippen LogP contribution is -2.33. The van der Waals surface area contributed by atoms with E-state index in [1.54, 1.807) is 0 Å². The van der Waals surface area contributed by atoms with Crippen molar-refractivity contribution in [3.63, 3.8) is 0 Å². The molecule has 9 rings (SSSR count). The maximum atomic E-state index is 13.0. The number of para-hydroxylation sites is 2. The number of carbonyl (C=O) groups excluding carboxylic acids is 2. The molecule has 0 unspecified atom stereocenters. The third-order valence-corrected chi connectivity index (χ3v) is 14.6. The molecule has 0 atom stereocenters. The number of nitrogens with one attached hydrogen (secondary N) is 5. The van der Waals surface area contributed by atoms with Crippen LogP contribution in [0, 0.1) is 20.8 Å². The molecule has 1 aliphatic carbocycles. The molecule has 1 aromatic heterocycles. The maximum Gasteiger partial charge on any atom is 0.251 e. The summed E-state index contributed by atoms with van der Waals surface area (Å²) in [4.78, 5) is 36.0. The first-order valence-corrected chi connectivity index (χ1v) is 27.5. The molecule has 0 fully saturated rings. The Morgan fingerprint density at radius 2 is 1.13 bits per heavy atom. The van der Waals surface area contributed by atoms with E-state index in [2.05, 4.69) is 106 Å². The number of nitrogen functional groups attached to an aromatic ring is 2. The minimum Gasteiger partial charge on any atom is -0.397 e. The molecule has 0 aliphatic heterocycles. The summed E-state index contributed by atoms with van der Waals surface area (Å²) in [5.74, 6) is -0.147. The highest BCUT2D eigenvalue weighted by molar-refractivity contribution is 6.02. The smallest absolute Gasteiger partial charge is 0.251 e. The molecule has 1 aliphatic rings. The van der Waals surface area contributed by atoms with Crippen molar-refractivity contribution < 1.29 is 14.2 Å². The van der Waals surface area contributed by atoms with E-state index in [1.165, 1.54) is 0 Å². The van der Waals surface area contributed by atoms with Crippen molar-refractivity contribution in [2.45, 2.75) is 85.5 Å². The van der Waals surface area contributed by atoms with Crippen molar-refractivity contribution in [3.05, 3.63) is 197 Å². The molecule has 2 amide bonds. The molecule has 0 saturated heterocycles. The van der Waals surface area contributed by atoms with Gasteiger partial charge in [0.15, 0.2) is 5.52 Å². The van der Waals surface area contributed by atoms with Crippen molar-refractivity contribution in [1.29, 1.82) is 0 Å². The third kappa shape index (κ3) is 13.4. The molecule has 0 saturated carbocycles. The van der Waals surface area contributed by atoms with Crippen LogP contribution in [0.15, 0.2) is 174 Å². The van der Waals surface area contributed by atoms with Crippen molar-refractivity contribution in [1.82, 2.24) is 20.9 Å². The summed E-state index contributed by atoms with van der Waals surface area (Å²) < 4.78 is 2.25. The molecule has 398 valence electrons. The van der Waals surface area contributed by atoms with Crippen molar-refractivity contribution in [2.24, 2.45) is 4.99 Å². The first kappa shape index (κ1) is 54.0. The van der Waals surface area contributed by atoms with Crippen LogP contribution in [-0.2, 0) is 0 Å². The molecule has 0 bridgehead atoms. The molecule has 8 aromatic rings. The third-order valence-electron chi connectivity index (χ3n) is 14.6. The normalized spacial score (nSPS) is 12.8. The second-order valence-corrected chi connectivity index (χ2v) is 20.4. The zero-order valence-electron chi connectivity index (χ0n) is 45.5. The largest absolute Gasteiger partial charge is 0.397 e. The van der Waals surface area contributed by atoms with E-state index in [1.807, 2.05) is 111 Å². The first-order valence-electron chi connectivity index (χ1n) is 27.5. The number of hydrogen-bond acceptors (Lipinski definition) is 9. The second-order valence-electron chi connectivity index (χ2n) is 20.4. The summed E-state index contributed by atoms with van der Waals surface area (Å²) in [7, 11) is 0. The number of anilines is 5. The van der Waals surface area contributed by atoms with Crippen LogP contribution in [0.25, 0.3) is 38.9 Å². The number of aromatic nitrogens is 2. The SMILES string of the molecule is CC1=CC(=Nc2c(Nc3ccccc3)ccc(C)c2N)CC=C1NCCCCCCNC(=O)c1ccc(-c2ccc(C(=O)NCCCCCCNc3cc4c(cc3C)nc3c(N)c(C)ccc3[n+]4-c3ccccc3)cc2)cc1. The van der Waals surface area contributed by atoms with E-state index in [9.17, 15) is 9.59 Å². The van der Waals surface area contributed by atoms with Gasteiger partial charge in [0, 0.05) is 90.8 Å². The number of nitrogens with two attached hydrogens (primary N) is 2. The van der Waals surface area contributed by atoms with E-state index >= 15 is 0 Å². The van der Waals surface area contributed by atoms with Gasteiger partial charge in [-0.3, -0.25) is 9.59 Å². The number of fused-ring (bicyclic) bond motifs is 2. The number of aryl methyl sites for hydroxylation is 3. The Morgan fingerprint density at radius 1 is 0.564 bits per heavy atom. The standard InChI is InChI=1S/C66H72N10O2/c1-44-23-34-56(73-52-19-11-9-12-20-52)63(61(44)67)74-53-33-35-55(46(3)41-53)69-37-15-5-7-17-39-71-65(77)50-29-25-48(26-30-50)49-27-31-51(32-28-49)66(78)72-40-18-8-6-16-38-70-57-43-60-58(42-47(57)4)75-64-59(36-24-45(2)62(64)68)76(60)54-21-13-10-14-22-54/h9-14,19-32,34-36,41-43,69,73H,5-8,15-18,33,37-40,67H2,1-4H3,(H4,68,70,71,72,77,78)/p+1. The van der Waals surface area contributed by atoms with E-state index in [0.29, 0.717) is 35.6 Å². The van der Waals surface area contributed by atoms with Gasteiger partial charge in [-0.25, -0.2) is 9.98 Å². The molecule has 9 N–H and O–H groups in total. The van der Waals surface area contributed by atoms with Crippen LogP contribution >= 0.6 is 0 Å². The van der Waals surface area contributed by atoms with Gasteiger partial charge in [-0.1, -0.05) is 105 Å². The van der Waals surface area contributed by atoms with Gasteiger partial charge in [-0.05, 0) is 141 Å². The van der Waals surface area contributed by atoms with Crippen LogP contribution in [0.3, 0.4) is 0 Å². The fourth-order valence-electron chi connectivity index (χ4n) is 9.92. The van der Waals surface area contributed by atoms with Crippen LogP contribution in [-0.4, -0.2) is 48.7 Å².